The number of aryl methyl sites for hydroxylation is 2. The topological polar surface area (TPSA) is 34.4 Å². The lowest BCUT2D eigenvalue weighted by molar-refractivity contribution is 0.0998. The highest BCUT2D eigenvalue weighted by Crippen LogP contribution is 2.23. The molecule has 1 heterocycles. The molecule has 0 bridgehead atoms. The van der Waals surface area contributed by atoms with Crippen LogP contribution < -0.4 is 4.80 Å². The van der Waals surface area contributed by atoms with Gasteiger partial charge >= 0.3 is 0 Å². The molecule has 3 nitrogen and oxygen atoms in total. The first kappa shape index (κ1) is 15.7. The molecule has 0 saturated carbocycles. The Morgan fingerprint density at radius 3 is 2.48 bits per heavy atom. The van der Waals surface area contributed by atoms with Gasteiger partial charge < -0.3 is 4.57 Å². The summed E-state index contributed by atoms with van der Waals surface area (Å²) in [5, 5.41) is 0. The molecule has 0 saturated heterocycles. The summed E-state index contributed by atoms with van der Waals surface area (Å²) >= 11 is 1.56. The van der Waals surface area contributed by atoms with Crippen LogP contribution in [0.4, 0.5) is 0 Å². The average molecular weight is 324 g/mol. The zero-order chi connectivity index (χ0) is 16.6. The van der Waals surface area contributed by atoms with Crippen LogP contribution in [0.1, 0.15) is 41.3 Å². The third kappa shape index (κ3) is 3.13. The zero-order valence-electron chi connectivity index (χ0n) is 13.8. The number of thiazole rings is 1. The molecule has 0 fully saturated rings. The third-order valence-corrected chi connectivity index (χ3v) is 5.09. The van der Waals surface area contributed by atoms with Crippen molar-refractivity contribution < 1.29 is 4.79 Å². The number of aromatic nitrogens is 1. The van der Waals surface area contributed by atoms with E-state index in [2.05, 4.69) is 37.0 Å². The van der Waals surface area contributed by atoms with Crippen molar-refractivity contribution in [2.45, 2.75) is 26.7 Å². The molecule has 1 aromatic heterocycles. The second-order valence-corrected chi connectivity index (χ2v) is 7.12. The summed E-state index contributed by atoms with van der Waals surface area (Å²) in [7, 11) is 1.95. The van der Waals surface area contributed by atoms with E-state index in [0.29, 0.717) is 11.5 Å². The molecule has 0 aliphatic heterocycles. The Bertz CT molecular complexity index is 930. The van der Waals surface area contributed by atoms with Gasteiger partial charge in [-0.05, 0) is 42.7 Å². The normalized spacial score (nSPS) is 12.3. The average Bonchev–Trinajstić information content (AvgIpc) is 2.83. The molecule has 23 heavy (non-hydrogen) atoms. The van der Waals surface area contributed by atoms with Crippen molar-refractivity contribution in [3.8, 4) is 0 Å². The van der Waals surface area contributed by atoms with Gasteiger partial charge in [-0.2, -0.15) is 4.99 Å². The van der Waals surface area contributed by atoms with Crippen molar-refractivity contribution in [2.24, 2.45) is 12.0 Å². The quantitative estimate of drug-likeness (QED) is 0.687. The number of hydrogen-bond donors (Lipinski definition) is 0. The number of rotatable bonds is 2. The van der Waals surface area contributed by atoms with Gasteiger partial charge in [0.15, 0.2) is 4.80 Å². The van der Waals surface area contributed by atoms with E-state index in [0.717, 1.165) is 20.6 Å². The standard InChI is InChI=1S/C19H20N2OS/c1-12(2)15-9-10-16-17(11-15)23-19(21(16)4)20-18(22)14-7-5-13(3)6-8-14/h5-12H,1-4H3. The predicted molar refractivity (Wildman–Crippen MR) is 96.0 cm³/mol. The number of amides is 1. The molecule has 118 valence electrons. The van der Waals surface area contributed by atoms with Crippen LogP contribution in [0.2, 0.25) is 0 Å². The lowest BCUT2D eigenvalue weighted by Gasteiger charge is -2.04. The van der Waals surface area contributed by atoms with Gasteiger partial charge in [-0.15, -0.1) is 0 Å². The molecule has 3 rings (SSSR count). The molecule has 0 radical (unpaired) electrons. The van der Waals surface area contributed by atoms with Crippen LogP contribution in [-0.2, 0) is 7.05 Å². The van der Waals surface area contributed by atoms with E-state index in [9.17, 15) is 4.79 Å². The van der Waals surface area contributed by atoms with Crippen LogP contribution in [0.25, 0.3) is 10.2 Å². The van der Waals surface area contributed by atoms with Gasteiger partial charge in [0.1, 0.15) is 0 Å². The summed E-state index contributed by atoms with van der Waals surface area (Å²) in [6.07, 6.45) is 0. The molecule has 2 aromatic carbocycles. The van der Waals surface area contributed by atoms with Gasteiger partial charge in [0.2, 0.25) is 0 Å². The summed E-state index contributed by atoms with van der Waals surface area (Å²) in [6, 6.07) is 14.0. The lowest BCUT2D eigenvalue weighted by Crippen LogP contribution is -2.13. The number of carbonyl (C=O) groups is 1. The van der Waals surface area contributed by atoms with Crippen LogP contribution in [0.15, 0.2) is 47.5 Å². The smallest absolute Gasteiger partial charge is 0.279 e. The molecule has 0 aliphatic carbocycles. The van der Waals surface area contributed by atoms with E-state index in [1.807, 2.05) is 42.8 Å². The maximum Gasteiger partial charge on any atom is 0.279 e. The molecular formula is C19H20N2OS. The third-order valence-electron chi connectivity index (χ3n) is 4.00. The van der Waals surface area contributed by atoms with E-state index in [1.54, 1.807) is 11.3 Å². The number of fused-ring (bicyclic) bond motifs is 1. The van der Waals surface area contributed by atoms with E-state index in [1.165, 1.54) is 5.56 Å². The summed E-state index contributed by atoms with van der Waals surface area (Å²) in [4.78, 5) is 17.4. The maximum atomic E-state index is 12.4. The van der Waals surface area contributed by atoms with Crippen molar-refractivity contribution in [3.05, 3.63) is 64.0 Å². The maximum absolute atomic E-state index is 12.4. The van der Waals surface area contributed by atoms with Crippen molar-refractivity contribution in [3.63, 3.8) is 0 Å². The van der Waals surface area contributed by atoms with Crippen molar-refractivity contribution in [1.29, 1.82) is 0 Å². The summed E-state index contributed by atoms with van der Waals surface area (Å²) < 4.78 is 3.14. The van der Waals surface area contributed by atoms with Gasteiger partial charge in [-0.1, -0.05) is 48.9 Å². The minimum atomic E-state index is -0.198. The monoisotopic (exact) mass is 324 g/mol. The predicted octanol–water partition coefficient (Wildman–Crippen LogP) is 4.41. The summed E-state index contributed by atoms with van der Waals surface area (Å²) in [6.45, 7) is 6.37. The van der Waals surface area contributed by atoms with Gasteiger partial charge in [0.05, 0.1) is 10.2 Å². The SMILES string of the molecule is Cc1ccc(C(=O)N=c2sc3cc(C(C)C)ccc3n2C)cc1. The highest BCUT2D eigenvalue weighted by atomic mass is 32.1. The van der Waals surface area contributed by atoms with E-state index >= 15 is 0 Å². The fourth-order valence-electron chi connectivity index (χ4n) is 2.46. The van der Waals surface area contributed by atoms with E-state index in [-0.39, 0.29) is 5.91 Å². The van der Waals surface area contributed by atoms with Crippen molar-refractivity contribution >= 4 is 27.5 Å². The molecule has 0 atom stereocenters. The molecule has 4 heteroatoms. The van der Waals surface area contributed by atoms with Gasteiger partial charge in [-0.3, -0.25) is 4.79 Å². The Hall–Kier alpha value is -2.20. The van der Waals surface area contributed by atoms with Gasteiger partial charge in [0, 0.05) is 12.6 Å². The first-order chi connectivity index (χ1) is 11.0. The Labute approximate surface area is 139 Å². The zero-order valence-corrected chi connectivity index (χ0v) is 14.6. The van der Waals surface area contributed by atoms with Crippen molar-refractivity contribution in [2.75, 3.05) is 0 Å². The van der Waals surface area contributed by atoms with Crippen LogP contribution in [0.5, 0.6) is 0 Å². The highest BCUT2D eigenvalue weighted by molar-refractivity contribution is 7.16. The Balaban J connectivity index is 2.06. The fraction of sp³-hybridized carbons (Fsp3) is 0.263. The molecular weight excluding hydrogens is 304 g/mol. The van der Waals surface area contributed by atoms with E-state index < -0.39 is 0 Å². The number of benzene rings is 2. The Morgan fingerprint density at radius 2 is 1.83 bits per heavy atom. The number of nitrogens with zero attached hydrogens (tertiary/aromatic N) is 2. The van der Waals surface area contributed by atoms with Crippen LogP contribution >= 0.6 is 11.3 Å². The van der Waals surface area contributed by atoms with Crippen LogP contribution in [0, 0.1) is 6.92 Å². The minimum absolute atomic E-state index is 0.198. The molecule has 0 spiro atoms. The van der Waals surface area contributed by atoms with Crippen LogP contribution in [0.3, 0.4) is 0 Å². The highest BCUT2D eigenvalue weighted by Gasteiger charge is 2.08. The lowest BCUT2D eigenvalue weighted by atomic mass is 10.0. The molecule has 0 unspecified atom stereocenters. The number of carbonyl (C=O) groups excluding carboxylic acids is 1. The van der Waals surface area contributed by atoms with Crippen LogP contribution in [-0.4, -0.2) is 10.5 Å². The molecule has 0 N–H and O–H groups in total. The Kier molecular flexibility index (Phi) is 4.18. The minimum Gasteiger partial charge on any atom is -0.319 e. The molecule has 3 aromatic rings. The largest absolute Gasteiger partial charge is 0.319 e. The molecule has 1 amide bonds. The van der Waals surface area contributed by atoms with Crippen molar-refractivity contribution in [1.82, 2.24) is 4.57 Å². The fourth-order valence-corrected chi connectivity index (χ4v) is 3.53. The summed E-state index contributed by atoms with van der Waals surface area (Å²) in [5.74, 6) is 0.289. The Morgan fingerprint density at radius 1 is 1.13 bits per heavy atom. The second-order valence-electron chi connectivity index (χ2n) is 6.11. The van der Waals surface area contributed by atoms with E-state index in [4.69, 9.17) is 0 Å². The molecule has 0 aliphatic rings. The van der Waals surface area contributed by atoms with Gasteiger partial charge in [0.25, 0.3) is 5.91 Å². The first-order valence-corrected chi connectivity index (χ1v) is 8.52. The second kappa shape index (κ2) is 6.13. The van der Waals surface area contributed by atoms with Gasteiger partial charge in [-0.25, -0.2) is 0 Å². The number of hydrogen-bond acceptors (Lipinski definition) is 2. The first-order valence-electron chi connectivity index (χ1n) is 7.71. The summed E-state index contributed by atoms with van der Waals surface area (Å²) in [5.41, 5.74) is 4.16.